The van der Waals surface area contributed by atoms with Crippen LogP contribution in [0.5, 0.6) is 0 Å². The summed E-state index contributed by atoms with van der Waals surface area (Å²) in [6, 6.07) is 7.19. The van der Waals surface area contributed by atoms with Crippen LogP contribution in [0.4, 0.5) is 0 Å². The minimum Gasteiger partial charge on any atom is -0.372 e. The van der Waals surface area contributed by atoms with Crippen LogP contribution >= 0.6 is 11.6 Å². The molecule has 1 fully saturated rings. The van der Waals surface area contributed by atoms with E-state index in [1.165, 1.54) is 17.0 Å². The van der Waals surface area contributed by atoms with Gasteiger partial charge >= 0.3 is 5.69 Å². The Labute approximate surface area is 219 Å². The van der Waals surface area contributed by atoms with Gasteiger partial charge in [-0.1, -0.05) is 11.6 Å². The zero-order valence-corrected chi connectivity index (χ0v) is 22.2. The van der Waals surface area contributed by atoms with E-state index in [-0.39, 0.29) is 36.0 Å². The van der Waals surface area contributed by atoms with Gasteiger partial charge in [0.25, 0.3) is 5.56 Å². The second-order valence-electron chi connectivity index (χ2n) is 9.99. The molecule has 1 saturated heterocycles. The minimum atomic E-state index is -0.341. The van der Waals surface area contributed by atoms with Crippen molar-refractivity contribution in [1.29, 1.82) is 0 Å². The Kier molecular flexibility index (Phi) is 7.02. The summed E-state index contributed by atoms with van der Waals surface area (Å²) < 4.78 is 10.7. The molecule has 0 bridgehead atoms. The average Bonchev–Trinajstić information content (AvgIpc) is 3.26. The molecule has 2 atom stereocenters. The molecule has 1 aromatic carbocycles. The van der Waals surface area contributed by atoms with Crippen LogP contribution in [0, 0.1) is 6.92 Å². The van der Waals surface area contributed by atoms with Gasteiger partial charge in [-0.3, -0.25) is 13.9 Å². The number of fused-ring (bicyclic) bond motifs is 1. The number of morpholine rings is 1. The molecule has 1 aliphatic rings. The maximum absolute atomic E-state index is 12.9. The smallest absolute Gasteiger partial charge is 0.331 e. The average molecular weight is 523 g/mol. The van der Waals surface area contributed by atoms with Gasteiger partial charge < -0.3 is 10.1 Å². The van der Waals surface area contributed by atoms with Gasteiger partial charge in [0.1, 0.15) is 6.33 Å². The molecule has 0 radical (unpaired) electrons. The number of nitrogens with one attached hydrogen (secondary N) is 1. The fourth-order valence-electron chi connectivity index (χ4n) is 5.01. The Morgan fingerprint density at radius 2 is 2.03 bits per heavy atom. The molecule has 9 nitrogen and oxygen atoms in total. The molecule has 1 unspecified atom stereocenters. The SMILES string of the molecule is Cc1cc(Cl)cc(-c2ncnn3cc(Cn4c(=O)ccn(C(C)C)c4=O)cc23)c1CC1CNC[C@H](C)O1. The standard InChI is InChI=1S/C27H31ClN6O3/c1-16(2)32-6-5-25(35)33(27(32)36)13-19-8-24-26(30-15-31-34(24)14-19)23-9-20(28)7-17(3)22(23)10-21-12-29-11-18(4)37-21/h5-9,14-16,18,21,29H,10-13H2,1-4H3/t18-,21?/m0/s1. The first kappa shape index (κ1) is 25.4. The van der Waals surface area contributed by atoms with Gasteiger partial charge in [-0.25, -0.2) is 14.3 Å². The van der Waals surface area contributed by atoms with E-state index in [0.717, 1.165) is 46.6 Å². The molecule has 4 aromatic rings. The third-order valence-electron chi connectivity index (χ3n) is 6.81. The third-order valence-corrected chi connectivity index (χ3v) is 7.03. The summed E-state index contributed by atoms with van der Waals surface area (Å²) >= 11 is 6.51. The Morgan fingerprint density at radius 3 is 2.78 bits per heavy atom. The lowest BCUT2D eigenvalue weighted by Crippen LogP contribution is -2.44. The number of halogens is 1. The molecule has 5 rings (SSSR count). The van der Waals surface area contributed by atoms with E-state index >= 15 is 0 Å². The van der Waals surface area contributed by atoms with Crippen molar-refractivity contribution in [3.8, 4) is 11.3 Å². The van der Waals surface area contributed by atoms with Gasteiger partial charge in [0.2, 0.25) is 0 Å². The fraction of sp³-hybridized carbons (Fsp3) is 0.407. The summed E-state index contributed by atoms with van der Waals surface area (Å²) in [6.45, 7) is 9.69. The molecule has 0 spiro atoms. The number of nitrogens with zero attached hydrogens (tertiary/aromatic N) is 5. The van der Waals surface area contributed by atoms with Gasteiger partial charge in [-0.05, 0) is 62.6 Å². The summed E-state index contributed by atoms with van der Waals surface area (Å²) in [5, 5.41) is 8.45. The van der Waals surface area contributed by atoms with Crippen LogP contribution in [0.25, 0.3) is 16.8 Å². The topological polar surface area (TPSA) is 95.5 Å². The zero-order chi connectivity index (χ0) is 26.3. The van der Waals surface area contributed by atoms with Crippen LogP contribution in [0.1, 0.15) is 43.5 Å². The molecular formula is C27H31ClN6O3. The lowest BCUT2D eigenvalue weighted by atomic mass is 9.93. The Bertz CT molecular complexity index is 1570. The molecule has 0 aliphatic carbocycles. The van der Waals surface area contributed by atoms with Crippen molar-refractivity contribution in [2.45, 2.75) is 58.9 Å². The van der Waals surface area contributed by atoms with Crippen molar-refractivity contribution in [2.75, 3.05) is 13.1 Å². The van der Waals surface area contributed by atoms with Crippen molar-refractivity contribution in [2.24, 2.45) is 0 Å². The largest absolute Gasteiger partial charge is 0.372 e. The molecule has 37 heavy (non-hydrogen) atoms. The van der Waals surface area contributed by atoms with E-state index in [9.17, 15) is 9.59 Å². The summed E-state index contributed by atoms with van der Waals surface area (Å²) in [5.74, 6) is 0. The summed E-state index contributed by atoms with van der Waals surface area (Å²) in [4.78, 5) is 30.1. The molecule has 194 valence electrons. The minimum absolute atomic E-state index is 0.0377. The fourth-order valence-corrected chi connectivity index (χ4v) is 5.28. The highest BCUT2D eigenvalue weighted by atomic mass is 35.5. The molecule has 10 heteroatoms. The Morgan fingerprint density at radius 1 is 1.22 bits per heavy atom. The Hall–Kier alpha value is -3.27. The van der Waals surface area contributed by atoms with E-state index in [1.54, 1.807) is 15.3 Å². The van der Waals surface area contributed by atoms with Crippen LogP contribution in [-0.4, -0.2) is 49.0 Å². The van der Waals surface area contributed by atoms with Crippen LogP contribution < -0.4 is 16.6 Å². The van der Waals surface area contributed by atoms with Gasteiger partial charge in [0.15, 0.2) is 0 Å². The number of aryl methyl sites for hydroxylation is 1. The van der Waals surface area contributed by atoms with Crippen molar-refractivity contribution < 1.29 is 4.74 Å². The first-order chi connectivity index (χ1) is 17.7. The van der Waals surface area contributed by atoms with E-state index in [0.29, 0.717) is 11.4 Å². The second-order valence-corrected chi connectivity index (χ2v) is 10.4. The molecule has 1 aliphatic heterocycles. The Balaban J connectivity index is 1.57. The number of hydrogen-bond acceptors (Lipinski definition) is 6. The van der Waals surface area contributed by atoms with E-state index in [1.807, 2.05) is 45.2 Å². The van der Waals surface area contributed by atoms with Gasteiger partial charge in [0.05, 0.1) is 30.0 Å². The highest BCUT2D eigenvalue weighted by Crippen LogP contribution is 2.33. The quantitative estimate of drug-likeness (QED) is 0.418. The molecule has 4 heterocycles. The number of rotatable bonds is 6. The van der Waals surface area contributed by atoms with Crippen molar-refractivity contribution in [3.63, 3.8) is 0 Å². The van der Waals surface area contributed by atoms with Crippen molar-refractivity contribution in [3.05, 3.63) is 85.5 Å². The van der Waals surface area contributed by atoms with E-state index in [4.69, 9.17) is 16.3 Å². The summed E-state index contributed by atoms with van der Waals surface area (Å²) in [5.41, 5.74) is 4.70. The van der Waals surface area contributed by atoms with Crippen LogP contribution in [0.2, 0.25) is 5.02 Å². The molecule has 0 saturated carbocycles. The molecular weight excluding hydrogens is 492 g/mol. The maximum atomic E-state index is 12.9. The van der Waals surface area contributed by atoms with Crippen LogP contribution in [0.15, 0.2) is 52.6 Å². The predicted molar refractivity (Wildman–Crippen MR) is 144 cm³/mol. The van der Waals surface area contributed by atoms with E-state index in [2.05, 4.69) is 22.3 Å². The molecule has 1 N–H and O–H groups in total. The lowest BCUT2D eigenvalue weighted by Gasteiger charge is -2.30. The highest BCUT2D eigenvalue weighted by molar-refractivity contribution is 6.31. The predicted octanol–water partition coefficient (Wildman–Crippen LogP) is 3.23. The number of aromatic nitrogens is 5. The second kappa shape index (κ2) is 10.2. The lowest BCUT2D eigenvalue weighted by molar-refractivity contribution is -0.0262. The van der Waals surface area contributed by atoms with Crippen molar-refractivity contribution >= 4 is 17.1 Å². The van der Waals surface area contributed by atoms with Gasteiger partial charge in [-0.15, -0.1) is 0 Å². The maximum Gasteiger partial charge on any atom is 0.331 e. The monoisotopic (exact) mass is 522 g/mol. The van der Waals surface area contributed by atoms with Crippen LogP contribution in [-0.2, 0) is 17.7 Å². The van der Waals surface area contributed by atoms with Crippen LogP contribution in [0.3, 0.4) is 0 Å². The third kappa shape index (κ3) is 5.12. The first-order valence-corrected chi connectivity index (χ1v) is 12.9. The first-order valence-electron chi connectivity index (χ1n) is 12.5. The number of benzene rings is 1. The van der Waals surface area contributed by atoms with Gasteiger partial charge in [0, 0.05) is 54.6 Å². The molecule has 3 aromatic heterocycles. The molecule has 0 amide bonds. The van der Waals surface area contributed by atoms with Crippen molar-refractivity contribution in [1.82, 2.24) is 29.0 Å². The summed E-state index contributed by atoms with van der Waals surface area (Å²) in [7, 11) is 0. The zero-order valence-electron chi connectivity index (χ0n) is 21.4. The number of ether oxygens (including phenoxy) is 1. The summed E-state index contributed by atoms with van der Waals surface area (Å²) in [6.07, 6.45) is 5.78. The van der Waals surface area contributed by atoms with E-state index < -0.39 is 0 Å². The highest BCUT2D eigenvalue weighted by Gasteiger charge is 2.23. The number of hydrogen-bond donors (Lipinski definition) is 1. The van der Waals surface area contributed by atoms with Gasteiger partial charge in [-0.2, -0.15) is 5.10 Å². The normalized spacial score (nSPS) is 18.1.